The fraction of sp³-hybridized carbons (Fsp3) is 0.333. The number of nitrogens with one attached hydrogen (secondary N) is 1. The van der Waals surface area contributed by atoms with E-state index in [1.165, 1.54) is 4.57 Å². The maximum absolute atomic E-state index is 11.4. The molecule has 0 radical (unpaired) electrons. The van der Waals surface area contributed by atoms with E-state index in [-0.39, 0.29) is 17.8 Å². The number of aromatic nitrogens is 1. The van der Waals surface area contributed by atoms with Gasteiger partial charge in [0.25, 0.3) is 0 Å². The molecular weight excluding hydrogens is 234 g/mol. The van der Waals surface area contributed by atoms with Crippen LogP contribution >= 0.6 is 0 Å². The number of fused-ring (bicyclic) bond motifs is 1. The van der Waals surface area contributed by atoms with E-state index >= 15 is 0 Å². The molecule has 1 unspecified atom stereocenters. The number of nitrogens with zero attached hydrogens (tertiary/aromatic N) is 2. The minimum absolute atomic E-state index is 0.0580. The Labute approximate surface area is 103 Å². The Bertz CT molecular complexity index is 685. The zero-order valence-corrected chi connectivity index (χ0v) is 10.1. The smallest absolute Gasteiger partial charge is 0.408 e. The summed E-state index contributed by atoms with van der Waals surface area (Å²) in [5, 5.41) is 2.87. The van der Waals surface area contributed by atoms with Gasteiger partial charge in [-0.15, -0.1) is 0 Å². The first-order valence-corrected chi connectivity index (χ1v) is 5.67. The number of oxazole rings is 1. The number of carbonyl (C=O) groups excluding carboxylic acids is 1. The molecule has 6 nitrogen and oxygen atoms in total. The van der Waals surface area contributed by atoms with Gasteiger partial charge in [-0.25, -0.2) is 9.59 Å². The normalized spacial score (nSPS) is 19.6. The first-order valence-electron chi connectivity index (χ1n) is 5.67. The fourth-order valence-electron chi connectivity index (χ4n) is 2.22. The highest BCUT2D eigenvalue weighted by Crippen LogP contribution is 2.23. The van der Waals surface area contributed by atoms with Gasteiger partial charge in [-0.2, -0.15) is 0 Å². The Balaban J connectivity index is 2.04. The summed E-state index contributed by atoms with van der Waals surface area (Å²) in [4.78, 5) is 24.4. The Morgan fingerprint density at radius 1 is 1.33 bits per heavy atom. The molecule has 18 heavy (non-hydrogen) atoms. The van der Waals surface area contributed by atoms with E-state index < -0.39 is 0 Å². The highest BCUT2D eigenvalue weighted by atomic mass is 16.4. The van der Waals surface area contributed by atoms with Gasteiger partial charge in [0.15, 0.2) is 5.58 Å². The molecule has 1 aromatic carbocycles. The summed E-state index contributed by atoms with van der Waals surface area (Å²) in [5.41, 5.74) is 2.24. The maximum Gasteiger partial charge on any atom is 0.419 e. The zero-order chi connectivity index (χ0) is 12.9. The van der Waals surface area contributed by atoms with Crippen molar-refractivity contribution >= 4 is 17.1 Å². The van der Waals surface area contributed by atoms with Gasteiger partial charge in [-0.3, -0.25) is 4.57 Å². The summed E-state index contributed by atoms with van der Waals surface area (Å²) in [6.07, 6.45) is 0. The van der Waals surface area contributed by atoms with E-state index in [9.17, 15) is 9.59 Å². The summed E-state index contributed by atoms with van der Waals surface area (Å²) in [6.45, 7) is 0.613. The van der Waals surface area contributed by atoms with E-state index in [1.54, 1.807) is 25.1 Å². The van der Waals surface area contributed by atoms with Crippen molar-refractivity contribution in [3.63, 3.8) is 0 Å². The lowest BCUT2D eigenvalue weighted by atomic mass is 10.1. The predicted octanol–water partition coefficient (Wildman–Crippen LogP) is 0.828. The highest BCUT2D eigenvalue weighted by Gasteiger charge is 2.27. The van der Waals surface area contributed by atoms with Crippen LogP contribution in [-0.2, 0) is 7.05 Å². The number of hydrogen-bond acceptors (Lipinski definition) is 3. The van der Waals surface area contributed by atoms with E-state index in [4.69, 9.17) is 4.42 Å². The van der Waals surface area contributed by atoms with E-state index in [1.807, 2.05) is 12.1 Å². The topological polar surface area (TPSA) is 67.5 Å². The Morgan fingerprint density at radius 2 is 2.11 bits per heavy atom. The predicted molar refractivity (Wildman–Crippen MR) is 65.4 cm³/mol. The van der Waals surface area contributed by atoms with Crippen molar-refractivity contribution < 1.29 is 9.21 Å². The number of likely N-dealkylation sites (N-methyl/N-ethyl adjacent to an activating group) is 1. The third-order valence-electron chi connectivity index (χ3n) is 3.32. The molecule has 1 atom stereocenters. The van der Waals surface area contributed by atoms with Gasteiger partial charge in [0.1, 0.15) is 0 Å². The molecule has 2 aromatic rings. The molecule has 2 heterocycles. The number of rotatable bonds is 1. The quantitative estimate of drug-likeness (QED) is 0.811. The van der Waals surface area contributed by atoms with Crippen molar-refractivity contribution in [1.29, 1.82) is 0 Å². The number of benzene rings is 1. The summed E-state index contributed by atoms with van der Waals surface area (Å²) in [5.74, 6) is -0.380. The second kappa shape index (κ2) is 3.63. The second-order valence-electron chi connectivity index (χ2n) is 4.54. The van der Waals surface area contributed by atoms with E-state index in [0.29, 0.717) is 12.1 Å². The fourth-order valence-corrected chi connectivity index (χ4v) is 2.22. The van der Waals surface area contributed by atoms with Gasteiger partial charge in [-0.05, 0) is 17.7 Å². The van der Waals surface area contributed by atoms with Crippen molar-refractivity contribution in [1.82, 2.24) is 14.8 Å². The molecule has 1 N–H and O–H groups in total. The first-order chi connectivity index (χ1) is 8.56. The van der Waals surface area contributed by atoms with Crippen LogP contribution in [-0.4, -0.2) is 29.1 Å². The molecule has 0 aliphatic carbocycles. The average Bonchev–Trinajstić information content (AvgIpc) is 2.81. The molecule has 0 spiro atoms. The molecule has 1 saturated heterocycles. The van der Waals surface area contributed by atoms with Crippen LogP contribution in [0.3, 0.4) is 0 Å². The molecule has 1 aliphatic heterocycles. The van der Waals surface area contributed by atoms with Crippen molar-refractivity contribution in [3.8, 4) is 0 Å². The molecule has 94 valence electrons. The maximum atomic E-state index is 11.4. The lowest BCUT2D eigenvalue weighted by Gasteiger charge is -2.09. The summed E-state index contributed by atoms with van der Waals surface area (Å²) >= 11 is 0. The van der Waals surface area contributed by atoms with Gasteiger partial charge >= 0.3 is 11.8 Å². The standard InChI is InChI=1S/C12H13N3O3/c1-14-6-8(13-11(14)16)7-3-4-9-10(5-7)18-12(17)15(9)2/h3-5,8H,6H2,1-2H3,(H,13,16). The summed E-state index contributed by atoms with van der Waals surface area (Å²) in [6, 6.07) is 5.40. The monoisotopic (exact) mass is 247 g/mol. The third kappa shape index (κ3) is 1.49. The van der Waals surface area contributed by atoms with Gasteiger partial charge < -0.3 is 14.6 Å². The zero-order valence-electron chi connectivity index (χ0n) is 10.1. The van der Waals surface area contributed by atoms with Gasteiger partial charge in [0.05, 0.1) is 11.6 Å². The SMILES string of the molecule is CN1CC(c2ccc3c(c2)oc(=O)n3C)NC1=O. The van der Waals surface area contributed by atoms with Crippen LogP contribution in [0.2, 0.25) is 0 Å². The summed E-state index contributed by atoms with van der Waals surface area (Å²) < 4.78 is 6.59. The Hall–Kier alpha value is -2.24. The van der Waals surface area contributed by atoms with Gasteiger partial charge in [0.2, 0.25) is 0 Å². The van der Waals surface area contributed by atoms with E-state index in [0.717, 1.165) is 11.1 Å². The molecule has 1 fully saturated rings. The van der Waals surface area contributed by atoms with Gasteiger partial charge in [0, 0.05) is 20.6 Å². The van der Waals surface area contributed by atoms with Crippen molar-refractivity contribution in [2.45, 2.75) is 6.04 Å². The van der Waals surface area contributed by atoms with Crippen LogP contribution in [0.4, 0.5) is 4.79 Å². The lowest BCUT2D eigenvalue weighted by Crippen LogP contribution is -2.23. The Morgan fingerprint density at radius 3 is 2.78 bits per heavy atom. The number of urea groups is 1. The Kier molecular flexibility index (Phi) is 2.19. The molecule has 6 heteroatoms. The lowest BCUT2D eigenvalue weighted by molar-refractivity contribution is 0.226. The number of amides is 2. The van der Waals surface area contributed by atoms with Crippen LogP contribution < -0.4 is 11.1 Å². The number of aryl methyl sites for hydroxylation is 1. The number of hydrogen-bond donors (Lipinski definition) is 1. The van der Waals surface area contributed by atoms with Crippen LogP contribution in [0.25, 0.3) is 11.1 Å². The van der Waals surface area contributed by atoms with Gasteiger partial charge in [-0.1, -0.05) is 6.07 Å². The first kappa shape index (κ1) is 10.9. The minimum atomic E-state index is -0.380. The van der Waals surface area contributed by atoms with Crippen LogP contribution in [0.5, 0.6) is 0 Å². The highest BCUT2D eigenvalue weighted by molar-refractivity contribution is 5.78. The molecule has 0 saturated carbocycles. The minimum Gasteiger partial charge on any atom is -0.408 e. The second-order valence-corrected chi connectivity index (χ2v) is 4.54. The molecule has 1 aliphatic rings. The van der Waals surface area contributed by atoms with Crippen molar-refractivity contribution in [2.75, 3.05) is 13.6 Å². The van der Waals surface area contributed by atoms with Crippen molar-refractivity contribution in [3.05, 3.63) is 34.3 Å². The van der Waals surface area contributed by atoms with Crippen molar-refractivity contribution in [2.24, 2.45) is 7.05 Å². The molecule has 0 bridgehead atoms. The number of carbonyl (C=O) groups is 1. The molecule has 3 rings (SSSR count). The van der Waals surface area contributed by atoms with Crippen LogP contribution in [0.1, 0.15) is 11.6 Å². The molecular formula is C12H13N3O3. The molecule has 1 aromatic heterocycles. The largest absolute Gasteiger partial charge is 0.419 e. The van der Waals surface area contributed by atoms with Crippen LogP contribution in [0, 0.1) is 0 Å². The summed E-state index contributed by atoms with van der Waals surface area (Å²) in [7, 11) is 3.41. The average molecular weight is 247 g/mol. The third-order valence-corrected chi connectivity index (χ3v) is 3.32. The molecule has 2 amide bonds. The van der Waals surface area contributed by atoms with E-state index in [2.05, 4.69) is 5.32 Å². The van der Waals surface area contributed by atoms with Crippen LogP contribution in [0.15, 0.2) is 27.4 Å².